The second-order valence-electron chi connectivity index (χ2n) is 5.29. The number of thiophene rings is 1. The van der Waals surface area contributed by atoms with Gasteiger partial charge in [-0.15, -0.1) is 21.5 Å². The number of hydrogen-bond donors (Lipinski definition) is 0. The summed E-state index contributed by atoms with van der Waals surface area (Å²) in [5, 5.41) is 9.58. The van der Waals surface area contributed by atoms with Crippen molar-refractivity contribution in [2.45, 2.75) is 26.6 Å². The van der Waals surface area contributed by atoms with E-state index in [-0.39, 0.29) is 0 Å². The van der Waals surface area contributed by atoms with Gasteiger partial charge in [-0.1, -0.05) is 30.3 Å². The van der Waals surface area contributed by atoms with Crippen molar-refractivity contribution in [3.8, 4) is 5.00 Å². The van der Waals surface area contributed by atoms with Crippen molar-refractivity contribution in [2.24, 2.45) is 0 Å². The molecule has 1 aliphatic rings. The summed E-state index contributed by atoms with van der Waals surface area (Å²) in [5.74, 6) is 1.78. The first-order chi connectivity index (χ1) is 10.7. The van der Waals surface area contributed by atoms with E-state index in [1.165, 1.54) is 21.7 Å². The lowest BCUT2D eigenvalue weighted by Crippen LogP contribution is -2.00. The number of nitrogens with zero attached hydrogens (tertiary/aromatic N) is 3. The number of aromatic nitrogens is 3. The lowest BCUT2D eigenvalue weighted by atomic mass is 10.0. The number of fused-ring (bicyclic) bond motifs is 3. The van der Waals surface area contributed by atoms with Crippen LogP contribution in [0.4, 0.5) is 0 Å². The molecule has 6 heteroatoms. The van der Waals surface area contributed by atoms with Gasteiger partial charge in [0.05, 0.1) is 10.4 Å². The van der Waals surface area contributed by atoms with Gasteiger partial charge in [0.25, 0.3) is 0 Å². The summed E-state index contributed by atoms with van der Waals surface area (Å²) in [5.41, 5.74) is 3.84. The van der Waals surface area contributed by atoms with Gasteiger partial charge >= 0.3 is 0 Å². The zero-order chi connectivity index (χ0) is 15.1. The van der Waals surface area contributed by atoms with Crippen molar-refractivity contribution in [3.05, 3.63) is 62.5 Å². The van der Waals surface area contributed by atoms with Gasteiger partial charge in [0.2, 0.25) is 0 Å². The molecule has 0 amide bonds. The number of halogens is 1. The molecule has 3 heterocycles. The summed E-state index contributed by atoms with van der Waals surface area (Å²) in [6.45, 7) is 3.10. The minimum atomic E-state index is 0.505. The van der Waals surface area contributed by atoms with Crippen molar-refractivity contribution in [3.63, 3.8) is 0 Å². The number of hydrogen-bond acceptors (Lipinski definition) is 4. The van der Waals surface area contributed by atoms with E-state index in [9.17, 15) is 0 Å². The summed E-state index contributed by atoms with van der Waals surface area (Å²) >= 11 is 5.46. The van der Waals surface area contributed by atoms with Crippen molar-refractivity contribution in [1.82, 2.24) is 14.8 Å². The molecule has 0 radical (unpaired) electrons. The average molecular weight is 376 g/mol. The van der Waals surface area contributed by atoms with Gasteiger partial charge < -0.3 is 4.74 Å². The molecular weight excluding hydrogens is 362 g/mol. The molecule has 0 N–H and O–H groups in total. The van der Waals surface area contributed by atoms with Crippen LogP contribution in [0.3, 0.4) is 0 Å². The molecule has 0 bridgehead atoms. The first kappa shape index (κ1) is 14.1. The van der Waals surface area contributed by atoms with Gasteiger partial charge in [-0.25, -0.2) is 0 Å². The Labute approximate surface area is 140 Å². The van der Waals surface area contributed by atoms with Crippen molar-refractivity contribution >= 4 is 27.3 Å². The zero-order valence-electron chi connectivity index (χ0n) is 12.0. The Hall–Kier alpha value is -1.50. The minimum absolute atomic E-state index is 0.505. The number of rotatable bonds is 2. The largest absolute Gasteiger partial charge is 0.369 e. The number of ether oxygens (including phenoxy) is 1. The molecule has 112 valence electrons. The molecule has 1 aromatic carbocycles. The fourth-order valence-electron chi connectivity index (χ4n) is 2.77. The first-order valence-electron chi connectivity index (χ1n) is 7.07. The maximum Gasteiger partial charge on any atom is 0.164 e. The molecule has 0 aliphatic carbocycles. The van der Waals surface area contributed by atoms with Crippen molar-refractivity contribution in [2.75, 3.05) is 0 Å². The second-order valence-corrected chi connectivity index (χ2v) is 7.61. The highest BCUT2D eigenvalue weighted by Crippen LogP contribution is 2.39. The highest BCUT2D eigenvalue weighted by molar-refractivity contribution is 9.11. The molecular formula is C16H14BrN3OS. The Morgan fingerprint density at radius 3 is 2.86 bits per heavy atom. The van der Waals surface area contributed by atoms with Crippen LogP contribution in [0, 0.1) is 6.92 Å². The second kappa shape index (κ2) is 5.61. The summed E-state index contributed by atoms with van der Waals surface area (Å²) in [7, 11) is 0. The van der Waals surface area contributed by atoms with Crippen LogP contribution in [-0.4, -0.2) is 14.8 Å². The monoisotopic (exact) mass is 375 g/mol. The van der Waals surface area contributed by atoms with E-state index in [1.54, 1.807) is 11.3 Å². The third kappa shape index (κ3) is 2.31. The molecule has 0 atom stereocenters. The van der Waals surface area contributed by atoms with Crippen LogP contribution in [0.15, 0.2) is 34.1 Å². The van der Waals surface area contributed by atoms with E-state index in [4.69, 9.17) is 4.74 Å². The van der Waals surface area contributed by atoms with Crippen molar-refractivity contribution in [1.29, 1.82) is 0 Å². The molecule has 0 unspecified atom stereocenters. The van der Waals surface area contributed by atoms with Crippen LogP contribution in [-0.2, 0) is 24.4 Å². The van der Waals surface area contributed by atoms with Crippen LogP contribution in [0.2, 0.25) is 0 Å². The van der Waals surface area contributed by atoms with E-state index in [1.807, 2.05) is 13.0 Å². The van der Waals surface area contributed by atoms with Crippen molar-refractivity contribution < 1.29 is 4.74 Å². The van der Waals surface area contributed by atoms with E-state index in [2.05, 4.69) is 55.0 Å². The molecule has 1 aliphatic heterocycles. The molecule has 0 saturated heterocycles. The molecule has 3 aromatic rings. The van der Waals surface area contributed by atoms with Crippen LogP contribution in [0.25, 0.3) is 5.00 Å². The zero-order valence-corrected chi connectivity index (χ0v) is 14.4. The summed E-state index contributed by atoms with van der Waals surface area (Å²) in [6.07, 6.45) is 0.896. The maximum absolute atomic E-state index is 5.81. The SMILES string of the molecule is Cc1nnc2n1-c1sc(Br)c(Cc3ccccc3)c1COC2. The van der Waals surface area contributed by atoms with Gasteiger partial charge in [-0.3, -0.25) is 4.57 Å². The highest BCUT2D eigenvalue weighted by atomic mass is 79.9. The van der Waals surface area contributed by atoms with Gasteiger partial charge in [0.1, 0.15) is 17.4 Å². The molecule has 22 heavy (non-hydrogen) atoms. The Kier molecular flexibility index (Phi) is 3.60. The van der Waals surface area contributed by atoms with Gasteiger partial charge in [-0.2, -0.15) is 0 Å². The summed E-state index contributed by atoms with van der Waals surface area (Å²) in [6, 6.07) is 10.5. The Bertz CT molecular complexity index is 826. The Morgan fingerprint density at radius 2 is 2.05 bits per heavy atom. The fourth-order valence-corrected chi connectivity index (χ4v) is 4.73. The van der Waals surface area contributed by atoms with E-state index >= 15 is 0 Å². The first-order valence-corrected chi connectivity index (χ1v) is 8.68. The third-order valence-electron chi connectivity index (χ3n) is 3.84. The molecule has 0 spiro atoms. The topological polar surface area (TPSA) is 39.9 Å². The molecule has 4 rings (SSSR count). The molecule has 0 saturated carbocycles. The van der Waals surface area contributed by atoms with Gasteiger partial charge in [0, 0.05) is 5.56 Å². The smallest absolute Gasteiger partial charge is 0.164 e. The summed E-state index contributed by atoms with van der Waals surface area (Å²) < 4.78 is 9.09. The summed E-state index contributed by atoms with van der Waals surface area (Å²) in [4.78, 5) is 0. The highest BCUT2D eigenvalue weighted by Gasteiger charge is 2.25. The van der Waals surface area contributed by atoms with Gasteiger partial charge in [0.15, 0.2) is 5.82 Å². The lowest BCUT2D eigenvalue weighted by Gasteiger charge is -2.06. The van der Waals surface area contributed by atoms with E-state index in [0.717, 1.165) is 21.9 Å². The fraction of sp³-hybridized carbons (Fsp3) is 0.250. The standard InChI is InChI=1S/C16H14BrN3OS/c1-10-18-19-14-9-21-8-13-12(7-11-5-3-2-4-6-11)15(17)22-16(13)20(10)14/h2-6H,7-9H2,1H3. The van der Waals surface area contributed by atoms with Crippen LogP contribution < -0.4 is 0 Å². The Balaban J connectivity index is 1.84. The Morgan fingerprint density at radius 1 is 1.23 bits per heavy atom. The predicted molar refractivity (Wildman–Crippen MR) is 89.4 cm³/mol. The number of benzene rings is 1. The quantitative estimate of drug-likeness (QED) is 0.678. The predicted octanol–water partition coefficient (Wildman–Crippen LogP) is 4.02. The average Bonchev–Trinajstić information content (AvgIpc) is 2.96. The molecule has 4 nitrogen and oxygen atoms in total. The third-order valence-corrected chi connectivity index (χ3v) is 5.85. The molecule has 0 fully saturated rings. The van der Waals surface area contributed by atoms with E-state index in [0.29, 0.717) is 13.2 Å². The normalized spacial score (nSPS) is 13.5. The molecule has 2 aromatic heterocycles. The van der Waals surface area contributed by atoms with Gasteiger partial charge in [-0.05, 0) is 40.4 Å². The van der Waals surface area contributed by atoms with Crippen LogP contribution in [0.1, 0.15) is 28.3 Å². The minimum Gasteiger partial charge on any atom is -0.369 e. The van der Waals surface area contributed by atoms with Crippen LogP contribution >= 0.6 is 27.3 Å². The number of aryl methyl sites for hydroxylation is 1. The lowest BCUT2D eigenvalue weighted by molar-refractivity contribution is 0.104. The van der Waals surface area contributed by atoms with Crippen LogP contribution in [0.5, 0.6) is 0 Å². The maximum atomic E-state index is 5.81. The van der Waals surface area contributed by atoms with E-state index < -0.39 is 0 Å².